The fourth-order valence-electron chi connectivity index (χ4n) is 3.71. The maximum absolute atomic E-state index is 12.5. The SMILES string of the molecule is C[C@@H]1C[C@@H]2CC2N1C(=O)C(N)C1(CO)CCC1. The first-order chi connectivity index (χ1) is 8.09. The minimum Gasteiger partial charge on any atom is -0.396 e. The maximum Gasteiger partial charge on any atom is 0.240 e. The molecule has 0 aromatic carbocycles. The van der Waals surface area contributed by atoms with Gasteiger partial charge in [-0.1, -0.05) is 6.42 Å². The highest BCUT2D eigenvalue weighted by Crippen LogP contribution is 2.49. The van der Waals surface area contributed by atoms with Crippen molar-refractivity contribution < 1.29 is 9.90 Å². The first-order valence-electron chi connectivity index (χ1n) is 6.78. The topological polar surface area (TPSA) is 66.6 Å². The lowest BCUT2D eigenvalue weighted by Gasteiger charge is -2.45. The summed E-state index contributed by atoms with van der Waals surface area (Å²) in [7, 11) is 0. The molecule has 1 heterocycles. The number of aliphatic hydroxyl groups is 1. The molecule has 1 amide bonds. The van der Waals surface area contributed by atoms with Gasteiger partial charge in [-0.3, -0.25) is 4.79 Å². The van der Waals surface area contributed by atoms with Gasteiger partial charge in [0.1, 0.15) is 0 Å². The summed E-state index contributed by atoms with van der Waals surface area (Å²) < 4.78 is 0. The van der Waals surface area contributed by atoms with E-state index in [9.17, 15) is 9.90 Å². The molecule has 0 aromatic rings. The molecule has 2 saturated carbocycles. The van der Waals surface area contributed by atoms with Gasteiger partial charge in [0.25, 0.3) is 0 Å². The zero-order chi connectivity index (χ0) is 12.2. The Hall–Kier alpha value is -0.610. The normalized spacial score (nSPS) is 39.5. The number of nitrogens with zero attached hydrogens (tertiary/aromatic N) is 1. The monoisotopic (exact) mass is 238 g/mol. The highest BCUT2D eigenvalue weighted by molar-refractivity contribution is 5.84. The molecular formula is C13H22N2O2. The molecule has 17 heavy (non-hydrogen) atoms. The average molecular weight is 238 g/mol. The van der Waals surface area contributed by atoms with E-state index in [2.05, 4.69) is 6.92 Å². The molecule has 4 nitrogen and oxygen atoms in total. The van der Waals surface area contributed by atoms with Crippen LogP contribution in [-0.4, -0.2) is 40.6 Å². The maximum atomic E-state index is 12.5. The largest absolute Gasteiger partial charge is 0.396 e. The van der Waals surface area contributed by atoms with Gasteiger partial charge in [0, 0.05) is 17.5 Å². The predicted molar refractivity (Wildman–Crippen MR) is 64.2 cm³/mol. The molecule has 0 spiro atoms. The second-order valence-electron chi connectivity index (χ2n) is 6.25. The number of hydrogen-bond donors (Lipinski definition) is 2. The number of carbonyl (C=O) groups excluding carboxylic acids is 1. The number of fused-ring (bicyclic) bond motifs is 1. The predicted octanol–water partition coefficient (Wildman–Crippen LogP) is 0.486. The summed E-state index contributed by atoms with van der Waals surface area (Å²) in [5, 5.41) is 9.49. The average Bonchev–Trinajstić information content (AvgIpc) is 2.89. The minimum atomic E-state index is -0.497. The molecule has 3 rings (SSSR count). The highest BCUT2D eigenvalue weighted by atomic mass is 16.3. The fraction of sp³-hybridized carbons (Fsp3) is 0.923. The van der Waals surface area contributed by atoms with E-state index in [1.807, 2.05) is 4.90 Å². The summed E-state index contributed by atoms with van der Waals surface area (Å²) in [5.41, 5.74) is 5.82. The van der Waals surface area contributed by atoms with Gasteiger partial charge in [0.15, 0.2) is 0 Å². The lowest BCUT2D eigenvalue weighted by atomic mass is 9.64. The third-order valence-corrected chi connectivity index (χ3v) is 5.21. The molecule has 0 radical (unpaired) electrons. The van der Waals surface area contributed by atoms with Gasteiger partial charge in [-0.15, -0.1) is 0 Å². The first-order valence-corrected chi connectivity index (χ1v) is 6.78. The van der Waals surface area contributed by atoms with Crippen molar-refractivity contribution in [2.45, 2.75) is 57.2 Å². The van der Waals surface area contributed by atoms with Crippen molar-refractivity contribution >= 4 is 5.91 Å². The van der Waals surface area contributed by atoms with Gasteiger partial charge in [-0.25, -0.2) is 0 Å². The van der Waals surface area contributed by atoms with Gasteiger partial charge in [0.2, 0.25) is 5.91 Å². The number of carbonyl (C=O) groups is 1. The van der Waals surface area contributed by atoms with Gasteiger partial charge in [0.05, 0.1) is 12.6 Å². The highest BCUT2D eigenvalue weighted by Gasteiger charge is 2.55. The Bertz CT molecular complexity index is 333. The van der Waals surface area contributed by atoms with Crippen LogP contribution in [0.3, 0.4) is 0 Å². The van der Waals surface area contributed by atoms with Crippen LogP contribution in [0.15, 0.2) is 0 Å². The van der Waals surface area contributed by atoms with Crippen molar-refractivity contribution in [2.75, 3.05) is 6.61 Å². The third-order valence-electron chi connectivity index (χ3n) is 5.21. The van der Waals surface area contributed by atoms with Crippen molar-refractivity contribution in [1.29, 1.82) is 0 Å². The first kappa shape index (κ1) is 11.5. The molecule has 96 valence electrons. The minimum absolute atomic E-state index is 0.0518. The summed E-state index contributed by atoms with van der Waals surface area (Å²) in [4.78, 5) is 14.5. The Morgan fingerprint density at radius 1 is 1.53 bits per heavy atom. The summed E-state index contributed by atoms with van der Waals surface area (Å²) in [5.74, 6) is 0.809. The smallest absolute Gasteiger partial charge is 0.240 e. The van der Waals surface area contributed by atoms with Crippen molar-refractivity contribution in [3.63, 3.8) is 0 Å². The number of rotatable bonds is 3. The van der Waals surface area contributed by atoms with E-state index in [4.69, 9.17) is 5.73 Å². The second-order valence-corrected chi connectivity index (χ2v) is 6.25. The van der Waals surface area contributed by atoms with Crippen LogP contribution in [0, 0.1) is 11.3 Å². The third kappa shape index (κ3) is 1.54. The second kappa shape index (κ2) is 3.69. The van der Waals surface area contributed by atoms with Crippen LogP contribution in [-0.2, 0) is 4.79 Å². The molecule has 4 atom stereocenters. The zero-order valence-corrected chi connectivity index (χ0v) is 10.4. The zero-order valence-electron chi connectivity index (χ0n) is 10.4. The molecule has 3 N–H and O–H groups in total. The molecule has 2 unspecified atom stereocenters. The Labute approximate surface area is 102 Å². The van der Waals surface area contributed by atoms with Crippen LogP contribution in [0.5, 0.6) is 0 Å². The summed E-state index contributed by atoms with van der Waals surface area (Å²) >= 11 is 0. The quantitative estimate of drug-likeness (QED) is 0.752. The number of hydrogen-bond acceptors (Lipinski definition) is 3. The fourth-order valence-corrected chi connectivity index (χ4v) is 3.71. The van der Waals surface area contributed by atoms with Crippen molar-refractivity contribution in [2.24, 2.45) is 17.1 Å². The van der Waals surface area contributed by atoms with Crippen molar-refractivity contribution in [3.05, 3.63) is 0 Å². The summed E-state index contributed by atoms with van der Waals surface area (Å²) in [6.07, 6.45) is 5.17. The molecule has 3 fully saturated rings. The van der Waals surface area contributed by atoms with E-state index in [0.717, 1.165) is 38.0 Å². The Morgan fingerprint density at radius 2 is 2.24 bits per heavy atom. The molecular weight excluding hydrogens is 216 g/mol. The Balaban J connectivity index is 1.73. The number of nitrogens with two attached hydrogens (primary N) is 1. The van der Waals surface area contributed by atoms with Crippen LogP contribution in [0.25, 0.3) is 0 Å². The van der Waals surface area contributed by atoms with Crippen LogP contribution in [0.2, 0.25) is 0 Å². The van der Waals surface area contributed by atoms with E-state index >= 15 is 0 Å². The van der Waals surface area contributed by atoms with Gasteiger partial charge < -0.3 is 15.7 Å². The van der Waals surface area contributed by atoms with Crippen LogP contribution < -0.4 is 5.73 Å². The number of aliphatic hydroxyl groups excluding tert-OH is 1. The van der Waals surface area contributed by atoms with Gasteiger partial charge in [-0.05, 0) is 38.5 Å². The van der Waals surface area contributed by atoms with Crippen LogP contribution in [0.4, 0.5) is 0 Å². The molecule has 4 heteroatoms. The molecule has 0 bridgehead atoms. The molecule has 3 aliphatic rings. The number of piperidine rings is 1. The van der Waals surface area contributed by atoms with Gasteiger partial charge >= 0.3 is 0 Å². The molecule has 0 aromatic heterocycles. The summed E-state index contributed by atoms with van der Waals surface area (Å²) in [6.45, 7) is 2.17. The van der Waals surface area contributed by atoms with Crippen molar-refractivity contribution in [3.8, 4) is 0 Å². The lowest BCUT2D eigenvalue weighted by molar-refractivity contribution is -0.141. The number of amides is 1. The lowest BCUT2D eigenvalue weighted by Crippen LogP contribution is -2.58. The van der Waals surface area contributed by atoms with Crippen LogP contribution in [0.1, 0.15) is 39.0 Å². The molecule has 2 aliphatic carbocycles. The van der Waals surface area contributed by atoms with Crippen molar-refractivity contribution in [1.82, 2.24) is 4.90 Å². The van der Waals surface area contributed by atoms with E-state index in [-0.39, 0.29) is 17.9 Å². The van der Waals surface area contributed by atoms with E-state index in [1.165, 1.54) is 0 Å². The van der Waals surface area contributed by atoms with Crippen LogP contribution >= 0.6 is 0 Å². The standard InChI is InChI=1S/C13H22N2O2/c1-8-5-9-6-10(9)15(8)12(17)11(14)13(7-16)3-2-4-13/h8-11,16H,2-7,14H2,1H3/t8-,9-,10?,11?/m1/s1. The molecule has 1 saturated heterocycles. The summed E-state index contributed by atoms with van der Waals surface area (Å²) in [6, 6.07) is 0.301. The van der Waals surface area contributed by atoms with Gasteiger partial charge in [-0.2, -0.15) is 0 Å². The number of likely N-dealkylation sites (tertiary alicyclic amines) is 1. The van der Waals surface area contributed by atoms with E-state index in [0.29, 0.717) is 12.1 Å². The Morgan fingerprint density at radius 3 is 2.65 bits per heavy atom. The van der Waals surface area contributed by atoms with E-state index < -0.39 is 6.04 Å². The molecule has 1 aliphatic heterocycles. The Kier molecular flexibility index (Phi) is 2.49. The van der Waals surface area contributed by atoms with E-state index in [1.54, 1.807) is 0 Å².